The van der Waals surface area contributed by atoms with Gasteiger partial charge in [-0.05, 0) is 47.6 Å². The van der Waals surface area contributed by atoms with Crippen molar-refractivity contribution in [2.24, 2.45) is 11.7 Å². The summed E-state index contributed by atoms with van der Waals surface area (Å²) in [6.45, 7) is 0.124. The highest BCUT2D eigenvalue weighted by molar-refractivity contribution is 5.92. The van der Waals surface area contributed by atoms with E-state index in [1.165, 1.54) is 4.90 Å². The summed E-state index contributed by atoms with van der Waals surface area (Å²) < 4.78 is 0. The molecule has 1 aliphatic carbocycles. The standard InChI is InChI=1S/C33H40N4O5/c34-31(40)30(26-9-3-1-4-10-26)35-32(41)29-14-8-7-13-28(29)25-17-15-24(16-18-25)23-37(27-11-5-2-6-12-27)33(42)36(19-21-38)20-22-39/h1-6,9-12,15-18,28-30,38-39H,7-8,13-14,19-23H2,(H2,34,40)(H,35,41). The van der Waals surface area contributed by atoms with Crippen LogP contribution in [0.1, 0.15) is 54.3 Å². The lowest BCUT2D eigenvalue weighted by Crippen LogP contribution is -2.45. The second-order valence-electron chi connectivity index (χ2n) is 10.6. The monoisotopic (exact) mass is 572 g/mol. The molecule has 3 unspecified atom stereocenters. The molecule has 3 aromatic carbocycles. The maximum Gasteiger partial charge on any atom is 0.324 e. The van der Waals surface area contributed by atoms with Crippen LogP contribution >= 0.6 is 0 Å². The van der Waals surface area contributed by atoms with Crippen molar-refractivity contribution >= 4 is 23.5 Å². The zero-order valence-electron chi connectivity index (χ0n) is 23.8. The maximum absolute atomic E-state index is 13.5. The summed E-state index contributed by atoms with van der Waals surface area (Å²) in [6, 6.07) is 25.1. The Morgan fingerprint density at radius 2 is 1.43 bits per heavy atom. The number of amides is 4. The van der Waals surface area contributed by atoms with Crippen molar-refractivity contribution in [1.82, 2.24) is 10.2 Å². The molecule has 222 valence electrons. The number of aliphatic hydroxyl groups excluding tert-OH is 2. The molecule has 4 rings (SSSR count). The number of para-hydroxylation sites is 1. The third-order valence-electron chi connectivity index (χ3n) is 7.86. The van der Waals surface area contributed by atoms with Gasteiger partial charge in [-0.25, -0.2) is 4.79 Å². The average molecular weight is 573 g/mol. The summed E-state index contributed by atoms with van der Waals surface area (Å²) in [5, 5.41) is 21.8. The van der Waals surface area contributed by atoms with Crippen molar-refractivity contribution in [1.29, 1.82) is 0 Å². The number of rotatable bonds is 12. The minimum absolute atomic E-state index is 0.00596. The number of anilines is 1. The predicted octanol–water partition coefficient (Wildman–Crippen LogP) is 3.72. The van der Waals surface area contributed by atoms with Crippen molar-refractivity contribution in [2.45, 2.75) is 44.2 Å². The summed E-state index contributed by atoms with van der Waals surface area (Å²) in [5.41, 5.74) is 8.96. The lowest BCUT2D eigenvalue weighted by atomic mass is 9.74. The molecule has 1 saturated carbocycles. The fourth-order valence-electron chi connectivity index (χ4n) is 5.70. The van der Waals surface area contributed by atoms with Gasteiger partial charge in [-0.15, -0.1) is 0 Å². The van der Waals surface area contributed by atoms with Gasteiger partial charge >= 0.3 is 6.03 Å². The average Bonchev–Trinajstić information content (AvgIpc) is 3.03. The summed E-state index contributed by atoms with van der Waals surface area (Å²) in [6.07, 6.45) is 3.53. The zero-order chi connectivity index (χ0) is 29.9. The highest BCUT2D eigenvalue weighted by Gasteiger charge is 2.34. The first-order valence-corrected chi connectivity index (χ1v) is 14.5. The molecule has 0 spiro atoms. The number of urea groups is 1. The molecule has 9 nitrogen and oxygen atoms in total. The van der Waals surface area contributed by atoms with Crippen LogP contribution < -0.4 is 16.0 Å². The van der Waals surface area contributed by atoms with Gasteiger partial charge in [0.15, 0.2) is 0 Å². The van der Waals surface area contributed by atoms with E-state index in [1.54, 1.807) is 17.0 Å². The molecule has 3 atom stereocenters. The molecule has 1 fully saturated rings. The van der Waals surface area contributed by atoms with E-state index in [2.05, 4.69) is 5.32 Å². The zero-order valence-corrected chi connectivity index (χ0v) is 23.8. The molecular weight excluding hydrogens is 532 g/mol. The Bertz CT molecular complexity index is 1300. The first-order chi connectivity index (χ1) is 20.4. The molecule has 0 radical (unpaired) electrons. The maximum atomic E-state index is 13.5. The van der Waals surface area contributed by atoms with Gasteiger partial charge in [0.05, 0.1) is 19.8 Å². The fourth-order valence-corrected chi connectivity index (χ4v) is 5.70. The summed E-state index contributed by atoms with van der Waals surface area (Å²) in [5.74, 6) is -1.07. The van der Waals surface area contributed by atoms with Crippen molar-refractivity contribution in [3.63, 3.8) is 0 Å². The number of benzene rings is 3. The van der Waals surface area contributed by atoms with Crippen molar-refractivity contribution in [3.8, 4) is 0 Å². The molecule has 0 aromatic heterocycles. The molecule has 42 heavy (non-hydrogen) atoms. The number of nitrogens with one attached hydrogen (secondary N) is 1. The van der Waals surface area contributed by atoms with Gasteiger partial charge in [-0.1, -0.05) is 85.6 Å². The van der Waals surface area contributed by atoms with Gasteiger partial charge in [0.2, 0.25) is 11.8 Å². The first kappa shape index (κ1) is 30.7. The third kappa shape index (κ3) is 7.74. The van der Waals surface area contributed by atoms with Gasteiger partial charge in [-0.3, -0.25) is 14.5 Å². The number of nitrogens with zero attached hydrogens (tertiary/aromatic N) is 2. The van der Waals surface area contributed by atoms with Crippen LogP contribution in [0.15, 0.2) is 84.9 Å². The van der Waals surface area contributed by atoms with E-state index in [1.807, 2.05) is 72.8 Å². The van der Waals surface area contributed by atoms with Gasteiger partial charge in [0.25, 0.3) is 0 Å². The Labute approximate surface area is 246 Å². The lowest BCUT2D eigenvalue weighted by molar-refractivity contribution is -0.131. The SMILES string of the molecule is NC(=O)C(NC(=O)C1CCCCC1c1ccc(CN(C(=O)N(CCO)CCO)c2ccccc2)cc1)c1ccccc1. The smallest absolute Gasteiger partial charge is 0.324 e. The van der Waals surface area contributed by atoms with Crippen LogP contribution in [0.25, 0.3) is 0 Å². The second kappa shape index (κ2) is 15.1. The van der Waals surface area contributed by atoms with Gasteiger partial charge < -0.3 is 26.2 Å². The van der Waals surface area contributed by atoms with Crippen LogP contribution in [0.2, 0.25) is 0 Å². The molecule has 0 bridgehead atoms. The quantitative estimate of drug-likeness (QED) is 0.262. The normalized spacial score (nSPS) is 17.2. The topological polar surface area (TPSA) is 136 Å². The van der Waals surface area contributed by atoms with Crippen LogP contribution in [0, 0.1) is 5.92 Å². The minimum atomic E-state index is -0.888. The third-order valence-corrected chi connectivity index (χ3v) is 7.86. The summed E-state index contributed by atoms with van der Waals surface area (Å²) in [4.78, 5) is 42.2. The number of aliphatic hydroxyl groups is 2. The Kier molecular flexibility index (Phi) is 11.1. The summed E-state index contributed by atoms with van der Waals surface area (Å²) >= 11 is 0. The van der Waals surface area contributed by atoms with Crippen LogP contribution in [-0.4, -0.2) is 59.3 Å². The van der Waals surface area contributed by atoms with Crippen molar-refractivity contribution < 1.29 is 24.6 Å². The number of nitrogens with two attached hydrogens (primary N) is 1. The van der Waals surface area contributed by atoms with E-state index < -0.39 is 11.9 Å². The number of carbonyl (C=O) groups excluding carboxylic acids is 3. The van der Waals surface area contributed by atoms with E-state index in [0.29, 0.717) is 17.8 Å². The molecule has 1 aliphatic rings. The van der Waals surface area contributed by atoms with E-state index in [0.717, 1.165) is 36.8 Å². The first-order valence-electron chi connectivity index (χ1n) is 14.5. The lowest BCUT2D eigenvalue weighted by Gasteiger charge is -2.32. The predicted molar refractivity (Wildman–Crippen MR) is 161 cm³/mol. The highest BCUT2D eigenvalue weighted by Crippen LogP contribution is 2.38. The molecule has 0 heterocycles. The number of primary amides is 1. The molecule has 0 aliphatic heterocycles. The molecule has 3 aromatic rings. The van der Waals surface area contributed by atoms with Crippen LogP contribution in [-0.2, 0) is 16.1 Å². The van der Waals surface area contributed by atoms with E-state index >= 15 is 0 Å². The Hall–Kier alpha value is -4.21. The molecule has 4 amide bonds. The van der Waals surface area contributed by atoms with Crippen LogP contribution in [0.3, 0.4) is 0 Å². The van der Waals surface area contributed by atoms with Crippen LogP contribution in [0.4, 0.5) is 10.5 Å². The van der Waals surface area contributed by atoms with Crippen LogP contribution in [0.5, 0.6) is 0 Å². The Morgan fingerprint density at radius 3 is 2.02 bits per heavy atom. The Balaban J connectivity index is 1.52. The highest BCUT2D eigenvalue weighted by atomic mass is 16.3. The number of hydrogen-bond donors (Lipinski definition) is 4. The van der Waals surface area contributed by atoms with Crippen molar-refractivity contribution in [3.05, 3.63) is 102 Å². The molecule has 0 saturated heterocycles. The van der Waals surface area contributed by atoms with Gasteiger partial charge in [0.1, 0.15) is 6.04 Å². The fraction of sp³-hybridized carbons (Fsp3) is 0.364. The van der Waals surface area contributed by atoms with E-state index in [-0.39, 0.29) is 50.1 Å². The molecule has 5 N–H and O–H groups in total. The van der Waals surface area contributed by atoms with E-state index in [9.17, 15) is 24.6 Å². The number of carbonyl (C=O) groups is 3. The summed E-state index contributed by atoms with van der Waals surface area (Å²) in [7, 11) is 0. The molecular formula is C33H40N4O5. The Morgan fingerprint density at radius 1 is 0.833 bits per heavy atom. The van der Waals surface area contributed by atoms with E-state index in [4.69, 9.17) is 5.73 Å². The minimum Gasteiger partial charge on any atom is -0.395 e. The largest absolute Gasteiger partial charge is 0.395 e. The van der Waals surface area contributed by atoms with Crippen molar-refractivity contribution in [2.75, 3.05) is 31.2 Å². The number of hydrogen-bond acceptors (Lipinski definition) is 5. The van der Waals surface area contributed by atoms with Gasteiger partial charge in [0, 0.05) is 24.7 Å². The second-order valence-corrected chi connectivity index (χ2v) is 10.6. The van der Waals surface area contributed by atoms with Gasteiger partial charge in [-0.2, -0.15) is 0 Å². The molecule has 9 heteroatoms.